The summed E-state index contributed by atoms with van der Waals surface area (Å²) in [7, 11) is 0. The highest BCUT2D eigenvalue weighted by atomic mass is 19.1. The van der Waals surface area contributed by atoms with Crippen LogP contribution in [0, 0.1) is 11.7 Å². The van der Waals surface area contributed by atoms with Crippen molar-refractivity contribution < 1.29 is 4.39 Å². The number of hydrogen-bond acceptors (Lipinski definition) is 3. The first kappa shape index (κ1) is 18.6. The van der Waals surface area contributed by atoms with Gasteiger partial charge in [0, 0.05) is 48.5 Å². The Morgan fingerprint density at radius 1 is 1.10 bits per heavy atom. The maximum Gasteiger partial charge on any atom is 0.125 e. The predicted molar refractivity (Wildman–Crippen MR) is 116 cm³/mol. The number of aromatic nitrogens is 1. The number of piperidine rings is 1. The third-order valence-corrected chi connectivity index (χ3v) is 6.66. The smallest absolute Gasteiger partial charge is 0.125 e. The molecule has 4 heteroatoms. The van der Waals surface area contributed by atoms with E-state index < -0.39 is 0 Å². The molecule has 3 aromatic rings. The number of fused-ring (bicyclic) bond motifs is 2. The van der Waals surface area contributed by atoms with Gasteiger partial charge in [0.2, 0.25) is 0 Å². The Balaban J connectivity index is 1.33. The van der Waals surface area contributed by atoms with Gasteiger partial charge in [0.15, 0.2) is 0 Å². The molecule has 3 nitrogen and oxygen atoms in total. The second-order valence-corrected chi connectivity index (χ2v) is 9.25. The maximum absolute atomic E-state index is 13.9. The van der Waals surface area contributed by atoms with Crippen LogP contribution < -0.4 is 4.90 Å². The van der Waals surface area contributed by atoms with Gasteiger partial charge in [-0.3, -0.25) is 9.88 Å². The van der Waals surface area contributed by atoms with Gasteiger partial charge in [-0.1, -0.05) is 24.3 Å². The van der Waals surface area contributed by atoms with E-state index in [2.05, 4.69) is 59.0 Å². The fourth-order valence-corrected chi connectivity index (χ4v) is 5.60. The number of pyridine rings is 1. The van der Waals surface area contributed by atoms with Gasteiger partial charge in [-0.15, -0.1) is 0 Å². The largest absolute Gasteiger partial charge is 0.363 e. The molecule has 5 rings (SSSR count). The van der Waals surface area contributed by atoms with E-state index in [1.807, 2.05) is 18.3 Å². The Hall–Kier alpha value is -2.46. The number of nitrogens with zero attached hydrogens (tertiary/aromatic N) is 3. The Bertz CT molecular complexity index is 1030. The summed E-state index contributed by atoms with van der Waals surface area (Å²) in [6.07, 6.45) is 4.28. The molecule has 150 valence electrons. The van der Waals surface area contributed by atoms with Crippen LogP contribution in [-0.4, -0.2) is 34.6 Å². The number of anilines is 1. The lowest BCUT2D eigenvalue weighted by molar-refractivity contribution is 0.161. The minimum Gasteiger partial charge on any atom is -0.363 e. The van der Waals surface area contributed by atoms with Gasteiger partial charge < -0.3 is 4.90 Å². The zero-order valence-electron chi connectivity index (χ0n) is 17.2. The van der Waals surface area contributed by atoms with Crippen LogP contribution >= 0.6 is 0 Å². The molecule has 0 radical (unpaired) electrons. The quantitative estimate of drug-likeness (QED) is 0.610. The van der Waals surface area contributed by atoms with Crippen molar-refractivity contribution in [2.75, 3.05) is 18.0 Å². The molecule has 2 saturated heterocycles. The average molecular weight is 390 g/mol. The van der Waals surface area contributed by atoms with Crippen LogP contribution in [0.4, 0.5) is 10.1 Å². The number of hydrogen-bond donors (Lipinski definition) is 0. The summed E-state index contributed by atoms with van der Waals surface area (Å²) < 4.78 is 13.9. The van der Waals surface area contributed by atoms with Gasteiger partial charge in [0.1, 0.15) is 5.82 Å². The van der Waals surface area contributed by atoms with Crippen molar-refractivity contribution in [1.29, 1.82) is 0 Å². The van der Waals surface area contributed by atoms with Crippen molar-refractivity contribution >= 4 is 16.6 Å². The lowest BCUT2D eigenvalue weighted by atomic mass is 9.89. The van der Waals surface area contributed by atoms with E-state index in [1.165, 1.54) is 17.0 Å². The van der Waals surface area contributed by atoms with Gasteiger partial charge in [-0.05, 0) is 68.5 Å². The summed E-state index contributed by atoms with van der Waals surface area (Å²) in [5, 5.41) is 1.21. The molecule has 0 amide bonds. The summed E-state index contributed by atoms with van der Waals surface area (Å²) in [4.78, 5) is 9.68. The molecule has 2 atom stereocenters. The Morgan fingerprint density at radius 2 is 1.97 bits per heavy atom. The fourth-order valence-electron chi connectivity index (χ4n) is 5.60. The molecule has 2 aromatic carbocycles. The first-order chi connectivity index (χ1) is 14.0. The molecule has 3 heterocycles. The molecule has 0 spiro atoms. The zero-order chi connectivity index (χ0) is 20.0. The van der Waals surface area contributed by atoms with E-state index in [9.17, 15) is 4.39 Å². The highest BCUT2D eigenvalue weighted by Gasteiger charge is 2.48. The van der Waals surface area contributed by atoms with Crippen molar-refractivity contribution in [3.8, 4) is 0 Å². The first-order valence-electron chi connectivity index (χ1n) is 10.6. The van der Waals surface area contributed by atoms with Gasteiger partial charge in [-0.2, -0.15) is 0 Å². The van der Waals surface area contributed by atoms with Crippen LogP contribution in [0.15, 0.2) is 60.8 Å². The Morgan fingerprint density at radius 3 is 2.83 bits per heavy atom. The lowest BCUT2D eigenvalue weighted by Gasteiger charge is -2.42. The minimum absolute atomic E-state index is 0.0453. The molecule has 29 heavy (non-hydrogen) atoms. The van der Waals surface area contributed by atoms with Crippen molar-refractivity contribution in [2.24, 2.45) is 5.92 Å². The molecule has 0 unspecified atom stereocenters. The second kappa shape index (κ2) is 7.10. The highest BCUT2D eigenvalue weighted by molar-refractivity contribution is 5.78. The van der Waals surface area contributed by atoms with Gasteiger partial charge >= 0.3 is 0 Å². The number of likely N-dealkylation sites (tertiary alicyclic amines) is 1. The van der Waals surface area contributed by atoms with Crippen molar-refractivity contribution in [2.45, 2.75) is 44.8 Å². The molecule has 2 aliphatic heterocycles. The molecule has 1 aromatic heterocycles. The van der Waals surface area contributed by atoms with Gasteiger partial charge in [0.05, 0.1) is 5.52 Å². The summed E-state index contributed by atoms with van der Waals surface area (Å²) in [5.74, 6) is 0.457. The highest BCUT2D eigenvalue weighted by Crippen LogP contribution is 2.44. The van der Waals surface area contributed by atoms with Crippen LogP contribution in [0.1, 0.15) is 32.3 Å². The Labute approximate surface area is 172 Å². The third-order valence-electron chi connectivity index (χ3n) is 6.66. The molecule has 2 aliphatic rings. The fraction of sp³-hybridized carbons (Fsp3) is 0.400. The van der Waals surface area contributed by atoms with E-state index in [-0.39, 0.29) is 11.4 Å². The van der Waals surface area contributed by atoms with Crippen LogP contribution in [0.3, 0.4) is 0 Å². The molecule has 0 saturated carbocycles. The summed E-state index contributed by atoms with van der Waals surface area (Å²) >= 11 is 0. The van der Waals surface area contributed by atoms with E-state index in [4.69, 9.17) is 0 Å². The summed E-state index contributed by atoms with van der Waals surface area (Å²) in [6, 6.07) is 18.2. The topological polar surface area (TPSA) is 19.4 Å². The molecular formula is C25H28FN3. The number of benzene rings is 2. The predicted octanol–water partition coefficient (Wildman–Crippen LogP) is 5.25. The standard InChI is InChI=1S/C25H28FN3/c1-25(2)14-20-17-28(16-18-12-19-6-3-4-9-23(19)27-15-18)11-10-24(20)29(25)22-8-5-7-21(26)13-22/h3-9,12-13,15,20,24H,10-11,14,16-17H2,1-2H3/t20-,24+/m1/s1. The van der Waals surface area contributed by atoms with Crippen molar-refractivity contribution in [3.63, 3.8) is 0 Å². The van der Waals surface area contributed by atoms with Gasteiger partial charge in [0.25, 0.3) is 0 Å². The third kappa shape index (κ3) is 3.51. The molecule has 0 N–H and O–H groups in total. The van der Waals surface area contributed by atoms with Crippen molar-refractivity contribution in [3.05, 3.63) is 72.2 Å². The van der Waals surface area contributed by atoms with Gasteiger partial charge in [-0.25, -0.2) is 4.39 Å². The first-order valence-corrected chi connectivity index (χ1v) is 10.6. The monoisotopic (exact) mass is 389 g/mol. The van der Waals surface area contributed by atoms with Crippen LogP contribution in [0.25, 0.3) is 10.9 Å². The van der Waals surface area contributed by atoms with E-state index in [0.29, 0.717) is 12.0 Å². The maximum atomic E-state index is 13.9. The zero-order valence-corrected chi connectivity index (χ0v) is 17.2. The summed E-state index contributed by atoms with van der Waals surface area (Å²) in [5.41, 5.74) is 3.40. The SMILES string of the molecule is CC1(C)C[C@@H]2CN(Cc3cnc4ccccc4c3)CC[C@@H]2N1c1cccc(F)c1. The number of para-hydroxylation sites is 1. The number of rotatable bonds is 3. The summed E-state index contributed by atoms with van der Waals surface area (Å²) in [6.45, 7) is 7.70. The molecular weight excluding hydrogens is 361 g/mol. The molecule has 0 bridgehead atoms. The number of halogens is 1. The van der Waals surface area contributed by atoms with Crippen LogP contribution in [-0.2, 0) is 6.54 Å². The average Bonchev–Trinajstić information content (AvgIpc) is 2.97. The lowest BCUT2D eigenvalue weighted by Crippen LogP contribution is -2.48. The van der Waals surface area contributed by atoms with Crippen LogP contribution in [0.2, 0.25) is 0 Å². The van der Waals surface area contributed by atoms with E-state index in [1.54, 1.807) is 6.07 Å². The van der Waals surface area contributed by atoms with Crippen molar-refractivity contribution in [1.82, 2.24) is 9.88 Å². The molecule has 0 aliphatic carbocycles. The van der Waals surface area contributed by atoms with E-state index in [0.717, 1.165) is 43.7 Å². The second-order valence-electron chi connectivity index (χ2n) is 9.25. The van der Waals surface area contributed by atoms with Crippen LogP contribution in [0.5, 0.6) is 0 Å². The Kier molecular flexibility index (Phi) is 4.54. The minimum atomic E-state index is -0.150. The van der Waals surface area contributed by atoms with E-state index >= 15 is 0 Å². The normalized spacial score (nSPS) is 24.0. The molecule has 2 fully saturated rings.